The summed E-state index contributed by atoms with van der Waals surface area (Å²) in [6.07, 6.45) is 4.78. The Hall–Kier alpha value is -1.12. The second-order valence-electron chi connectivity index (χ2n) is 0.676. The Bertz CT molecular complexity index is 126. The summed E-state index contributed by atoms with van der Waals surface area (Å²) in [5, 5.41) is 0. The van der Waals surface area contributed by atoms with E-state index in [0.29, 0.717) is 0 Å². The van der Waals surface area contributed by atoms with Crippen LogP contribution in [0.15, 0.2) is 25.3 Å². The molecule has 0 aliphatic heterocycles. The molecule has 1 radical (unpaired) electrons. The molecule has 0 atom stereocenters. The van der Waals surface area contributed by atoms with E-state index in [9.17, 15) is 0 Å². The first-order valence-electron chi connectivity index (χ1n) is 2.47. The summed E-state index contributed by atoms with van der Waals surface area (Å²) in [4.78, 5) is 8.68. The minimum Gasteiger partial charge on any atom is 0 e. The Morgan fingerprint density at radius 3 is 1.07 bits per heavy atom. The van der Waals surface area contributed by atoms with Crippen molar-refractivity contribution in [3.63, 3.8) is 0 Å². The summed E-state index contributed by atoms with van der Waals surface area (Å²) in [6.45, 7) is 21.5. The first kappa shape index (κ1) is 38.4. The number of rotatable bonds is 1. The molecule has 0 spiro atoms. The van der Waals surface area contributed by atoms with E-state index in [1.165, 1.54) is 13.2 Å². The Labute approximate surface area is 94.4 Å². The van der Waals surface area contributed by atoms with E-state index < -0.39 is 0 Å². The smallest absolute Gasteiger partial charge is 0 e. The minimum atomic E-state index is 0. The molecule has 0 aromatic rings. The van der Waals surface area contributed by atoms with Crippen LogP contribution < -0.4 is 0 Å². The van der Waals surface area contributed by atoms with E-state index in [1.807, 2.05) is 0 Å². The maximum absolute atomic E-state index is 8.68. The van der Waals surface area contributed by atoms with Gasteiger partial charge in [0.25, 0.3) is 0 Å². The van der Waals surface area contributed by atoms with E-state index in [-0.39, 0.29) is 16.8 Å². The van der Waals surface area contributed by atoms with Crippen molar-refractivity contribution in [3.05, 3.63) is 45.3 Å². The number of allylic oxidation sites excluding steroid dienone is 2. The quantitative estimate of drug-likeness (QED) is 0.387. The van der Waals surface area contributed by atoms with E-state index >= 15 is 0 Å². The fourth-order valence-electron chi connectivity index (χ4n) is 0. The van der Waals surface area contributed by atoms with Crippen LogP contribution in [0.4, 0.5) is 0 Å². The van der Waals surface area contributed by atoms with E-state index in [2.05, 4.69) is 33.1 Å². The van der Waals surface area contributed by atoms with Crippen molar-refractivity contribution < 1.29 is 35.5 Å². The van der Waals surface area contributed by atoms with Crippen molar-refractivity contribution in [2.24, 2.45) is 0 Å². The number of hydrogen-bond donors (Lipinski definition) is 0. The van der Waals surface area contributed by atoms with E-state index in [0.717, 1.165) is 0 Å². The van der Waals surface area contributed by atoms with Crippen LogP contribution >= 0.6 is 0 Å². The first-order valence-corrected chi connectivity index (χ1v) is 2.47. The van der Waals surface area contributed by atoms with Crippen molar-refractivity contribution in [3.8, 4) is 0 Å². The molecule has 0 amide bonds. The summed E-state index contributed by atoms with van der Waals surface area (Å²) in [5.74, 6) is 0. The molecule has 0 fully saturated rings. The largest absolute Gasteiger partial charge is 0 e. The third-order valence-corrected chi connectivity index (χ3v) is 0.167. The van der Waals surface area contributed by atoms with Crippen LogP contribution in [-0.4, -0.2) is 6.29 Å². The van der Waals surface area contributed by atoms with Gasteiger partial charge in [0, 0.05) is 16.8 Å². The van der Waals surface area contributed by atoms with Gasteiger partial charge >= 0.3 is 33.9 Å². The van der Waals surface area contributed by atoms with E-state index in [4.69, 9.17) is 18.8 Å². The van der Waals surface area contributed by atoms with Gasteiger partial charge in [0.1, 0.15) is 0 Å². The standard InChI is InChI=1S/C4H6.C2H3O.3CO.Co/c1-3-4-2;1-2-3;3*1-2;/h3-4H,1-2H2;1H3;;;;/q;-1;;;;. The van der Waals surface area contributed by atoms with Crippen LogP contribution in [0, 0.1) is 20.0 Å². The van der Waals surface area contributed by atoms with Gasteiger partial charge in [-0.15, -0.1) is 0 Å². The van der Waals surface area contributed by atoms with Gasteiger partial charge in [0.2, 0.25) is 0 Å². The van der Waals surface area contributed by atoms with Crippen LogP contribution in [0.25, 0.3) is 0 Å². The van der Waals surface area contributed by atoms with Crippen LogP contribution in [0.5, 0.6) is 0 Å². The molecule has 0 aliphatic carbocycles. The fraction of sp³-hybridized carbons (Fsp3) is 0.111. The second kappa shape index (κ2) is 399. The van der Waals surface area contributed by atoms with Crippen molar-refractivity contribution in [2.45, 2.75) is 6.92 Å². The monoisotopic (exact) mass is 240 g/mol. The van der Waals surface area contributed by atoms with Crippen LogP contribution in [-0.2, 0) is 35.5 Å². The third-order valence-electron chi connectivity index (χ3n) is 0.167. The molecule has 0 aliphatic rings. The van der Waals surface area contributed by atoms with E-state index in [1.54, 1.807) is 12.2 Å². The topological polar surface area (TPSA) is 76.8 Å². The zero-order valence-electron chi connectivity index (χ0n) is 7.54. The van der Waals surface area contributed by atoms with Gasteiger partial charge in [0.15, 0.2) is 0 Å². The zero-order chi connectivity index (χ0) is 12.1. The predicted molar refractivity (Wildman–Crippen MR) is 43.6 cm³/mol. The summed E-state index contributed by atoms with van der Waals surface area (Å²) in [7, 11) is 0. The molecule has 4 nitrogen and oxygen atoms in total. The molecule has 0 saturated heterocycles. The summed E-state index contributed by atoms with van der Waals surface area (Å²) in [5.41, 5.74) is 0. The summed E-state index contributed by atoms with van der Waals surface area (Å²) >= 11 is 0. The molecule has 0 aromatic heterocycles. The van der Waals surface area contributed by atoms with Crippen molar-refractivity contribution >= 4 is 6.29 Å². The Morgan fingerprint density at radius 2 is 1.07 bits per heavy atom. The van der Waals surface area contributed by atoms with Crippen molar-refractivity contribution in [1.29, 1.82) is 0 Å². The fourth-order valence-corrected chi connectivity index (χ4v) is 0. The van der Waals surface area contributed by atoms with Gasteiger partial charge in [0.05, 0.1) is 0 Å². The van der Waals surface area contributed by atoms with Crippen molar-refractivity contribution in [1.82, 2.24) is 0 Å². The molecule has 0 rings (SSSR count). The molecule has 0 saturated carbocycles. The molecular weight excluding hydrogens is 231 g/mol. The molecule has 0 heterocycles. The van der Waals surface area contributed by atoms with Gasteiger partial charge in [-0.2, -0.15) is 6.92 Å². The van der Waals surface area contributed by atoms with Gasteiger partial charge in [-0.25, -0.2) is 0 Å². The maximum atomic E-state index is 8.68. The van der Waals surface area contributed by atoms with Crippen LogP contribution in [0.2, 0.25) is 0 Å². The SMILES string of the molecule is C=CC=C.C[C-]=O.[C-]#[O+].[C-]#[O+].[C-]#[O+].[Co]. The van der Waals surface area contributed by atoms with Crippen molar-refractivity contribution in [2.75, 3.05) is 0 Å². The maximum Gasteiger partial charge on any atom is 0 e. The van der Waals surface area contributed by atoms with Crippen LogP contribution in [0.1, 0.15) is 6.92 Å². The molecule has 0 unspecified atom stereocenters. The minimum absolute atomic E-state index is 0. The molecule has 0 aromatic carbocycles. The first-order chi connectivity index (χ1) is 6.33. The van der Waals surface area contributed by atoms with Gasteiger partial charge in [-0.05, 0) is 0 Å². The second-order valence-corrected chi connectivity index (χ2v) is 0.676. The molecule has 0 bridgehead atoms. The Balaban J connectivity index is -0.0000000146. The number of carbonyl (C=O) groups excluding carboxylic acids is 1. The van der Waals surface area contributed by atoms with Gasteiger partial charge in [-0.1, -0.05) is 25.3 Å². The normalized spacial score (nSPS) is 2.79. The van der Waals surface area contributed by atoms with Gasteiger partial charge in [-0.3, -0.25) is 6.29 Å². The average Bonchev–Trinajstić information content (AvgIpc) is 2.27. The molecule has 0 N–H and O–H groups in total. The zero-order valence-corrected chi connectivity index (χ0v) is 8.58. The molecule has 5 heteroatoms. The third kappa shape index (κ3) is 69600. The van der Waals surface area contributed by atoms with Gasteiger partial charge < -0.3 is 4.79 Å². The summed E-state index contributed by atoms with van der Waals surface area (Å²) < 4.78 is 22.5. The van der Waals surface area contributed by atoms with Crippen LogP contribution in [0.3, 0.4) is 0 Å². The summed E-state index contributed by atoms with van der Waals surface area (Å²) in [6, 6.07) is 0. The Morgan fingerprint density at radius 1 is 1.00 bits per heavy atom. The number of hydrogen-bond acceptors (Lipinski definition) is 1. The average molecular weight is 240 g/mol. The molecular formula is C9H9CoO4-. The Kier molecular flexibility index (Phi) is 1090. The molecule has 79 valence electrons. The molecule has 14 heavy (non-hydrogen) atoms. The predicted octanol–water partition coefficient (Wildman–Crippen LogP) is 1.36.